The molecule has 0 bridgehead atoms. The van der Waals surface area contributed by atoms with Crippen LogP contribution in [0.2, 0.25) is 0 Å². The van der Waals surface area contributed by atoms with Crippen molar-refractivity contribution in [3.05, 3.63) is 35.6 Å². The predicted octanol–water partition coefficient (Wildman–Crippen LogP) is 3.43. The smallest absolute Gasteiger partial charge is 0.123 e. The van der Waals surface area contributed by atoms with Crippen LogP contribution in [0, 0.1) is 11.7 Å². The standard InChI is InChI=1S/C17H24FNO/c1-16(19,11-13-3-5-15(18)6-4-13)14-7-10-20-17(12-14)8-2-9-17/h3-6,14H,2,7-12,19H2,1H3. The Balaban J connectivity index is 1.69. The largest absolute Gasteiger partial charge is 0.375 e. The third kappa shape index (κ3) is 2.75. The summed E-state index contributed by atoms with van der Waals surface area (Å²) in [5, 5.41) is 0. The van der Waals surface area contributed by atoms with E-state index in [9.17, 15) is 4.39 Å². The van der Waals surface area contributed by atoms with Gasteiger partial charge in [0.1, 0.15) is 5.82 Å². The molecule has 1 heterocycles. The lowest BCUT2D eigenvalue weighted by Gasteiger charge is -2.50. The van der Waals surface area contributed by atoms with Crippen LogP contribution in [0.3, 0.4) is 0 Å². The van der Waals surface area contributed by atoms with Crippen LogP contribution in [0.4, 0.5) is 4.39 Å². The summed E-state index contributed by atoms with van der Waals surface area (Å²) in [6, 6.07) is 6.73. The molecule has 1 aliphatic carbocycles. The maximum absolute atomic E-state index is 13.0. The van der Waals surface area contributed by atoms with Crippen LogP contribution < -0.4 is 5.73 Å². The van der Waals surface area contributed by atoms with Crippen LogP contribution in [0.5, 0.6) is 0 Å². The maximum atomic E-state index is 13.0. The van der Waals surface area contributed by atoms with Crippen molar-refractivity contribution >= 4 is 0 Å². The van der Waals surface area contributed by atoms with E-state index < -0.39 is 0 Å². The molecule has 1 saturated heterocycles. The SMILES string of the molecule is CC(N)(Cc1ccc(F)cc1)C1CCOC2(CCC2)C1. The summed E-state index contributed by atoms with van der Waals surface area (Å²) in [5.74, 6) is 0.300. The molecule has 1 aromatic rings. The highest BCUT2D eigenvalue weighted by Gasteiger charge is 2.46. The van der Waals surface area contributed by atoms with Gasteiger partial charge in [0.15, 0.2) is 0 Å². The van der Waals surface area contributed by atoms with E-state index in [1.807, 2.05) is 12.1 Å². The molecule has 0 radical (unpaired) electrons. The minimum Gasteiger partial charge on any atom is -0.375 e. The van der Waals surface area contributed by atoms with Gasteiger partial charge in [-0.05, 0) is 69.1 Å². The number of nitrogens with two attached hydrogens (primary N) is 1. The Morgan fingerprint density at radius 2 is 2.05 bits per heavy atom. The van der Waals surface area contributed by atoms with Crippen LogP contribution in [0.25, 0.3) is 0 Å². The molecule has 3 heteroatoms. The van der Waals surface area contributed by atoms with Gasteiger partial charge in [-0.1, -0.05) is 12.1 Å². The summed E-state index contributed by atoms with van der Waals surface area (Å²) < 4.78 is 19.0. The summed E-state index contributed by atoms with van der Waals surface area (Å²) in [4.78, 5) is 0. The van der Waals surface area contributed by atoms with Gasteiger partial charge in [0.25, 0.3) is 0 Å². The van der Waals surface area contributed by atoms with Crippen molar-refractivity contribution in [1.29, 1.82) is 0 Å². The van der Waals surface area contributed by atoms with Gasteiger partial charge in [-0.25, -0.2) is 4.39 Å². The molecule has 110 valence electrons. The molecule has 1 aromatic carbocycles. The number of halogens is 1. The van der Waals surface area contributed by atoms with E-state index in [0.717, 1.165) is 31.4 Å². The molecule has 2 nitrogen and oxygen atoms in total. The van der Waals surface area contributed by atoms with Crippen LogP contribution in [0.1, 0.15) is 44.6 Å². The zero-order valence-electron chi connectivity index (χ0n) is 12.2. The van der Waals surface area contributed by atoms with Crippen LogP contribution in [0.15, 0.2) is 24.3 Å². The average molecular weight is 277 g/mol. The summed E-state index contributed by atoms with van der Waals surface area (Å²) in [5.41, 5.74) is 7.61. The van der Waals surface area contributed by atoms with Crippen molar-refractivity contribution in [2.75, 3.05) is 6.61 Å². The summed E-state index contributed by atoms with van der Waals surface area (Å²) in [7, 11) is 0. The number of rotatable bonds is 3. The zero-order chi connectivity index (χ0) is 14.2. The number of benzene rings is 1. The Morgan fingerprint density at radius 3 is 2.65 bits per heavy atom. The second-order valence-corrected chi connectivity index (χ2v) is 6.88. The highest BCUT2D eigenvalue weighted by Crippen LogP contribution is 2.46. The van der Waals surface area contributed by atoms with E-state index in [4.69, 9.17) is 10.5 Å². The van der Waals surface area contributed by atoms with Gasteiger partial charge >= 0.3 is 0 Å². The van der Waals surface area contributed by atoms with Crippen molar-refractivity contribution in [2.24, 2.45) is 11.7 Å². The van der Waals surface area contributed by atoms with E-state index >= 15 is 0 Å². The van der Waals surface area contributed by atoms with Gasteiger partial charge in [0.05, 0.1) is 5.60 Å². The zero-order valence-corrected chi connectivity index (χ0v) is 12.2. The van der Waals surface area contributed by atoms with Crippen molar-refractivity contribution in [1.82, 2.24) is 0 Å². The Hall–Kier alpha value is -0.930. The average Bonchev–Trinajstić information content (AvgIpc) is 2.40. The molecule has 0 aromatic heterocycles. The first-order valence-electron chi connectivity index (χ1n) is 7.66. The van der Waals surface area contributed by atoms with Gasteiger partial charge in [0, 0.05) is 12.1 Å². The second kappa shape index (κ2) is 5.12. The molecular formula is C17H24FNO. The van der Waals surface area contributed by atoms with E-state index in [1.165, 1.54) is 31.4 Å². The molecule has 20 heavy (non-hydrogen) atoms. The lowest BCUT2D eigenvalue weighted by Crippen LogP contribution is -2.55. The third-order valence-electron chi connectivity index (χ3n) is 5.19. The number of hydrogen-bond donors (Lipinski definition) is 1. The topological polar surface area (TPSA) is 35.2 Å². The van der Waals surface area contributed by atoms with E-state index in [0.29, 0.717) is 5.92 Å². The van der Waals surface area contributed by atoms with Crippen molar-refractivity contribution in [3.8, 4) is 0 Å². The third-order valence-corrected chi connectivity index (χ3v) is 5.19. The molecule has 2 fully saturated rings. The van der Waals surface area contributed by atoms with Crippen molar-refractivity contribution in [2.45, 2.75) is 56.6 Å². The fourth-order valence-electron chi connectivity index (χ4n) is 3.70. The lowest BCUT2D eigenvalue weighted by atomic mass is 9.66. The summed E-state index contributed by atoms with van der Waals surface area (Å²) in [6.45, 7) is 2.97. The van der Waals surface area contributed by atoms with Crippen molar-refractivity contribution in [3.63, 3.8) is 0 Å². The minimum absolute atomic E-state index is 0.131. The molecule has 2 aliphatic rings. The quantitative estimate of drug-likeness (QED) is 0.918. The molecule has 1 saturated carbocycles. The molecule has 2 unspecified atom stereocenters. The minimum atomic E-state index is -0.246. The second-order valence-electron chi connectivity index (χ2n) is 6.88. The van der Waals surface area contributed by atoms with E-state index in [2.05, 4.69) is 6.92 Å². The fourth-order valence-corrected chi connectivity index (χ4v) is 3.70. The van der Waals surface area contributed by atoms with Crippen LogP contribution >= 0.6 is 0 Å². The first-order chi connectivity index (χ1) is 9.49. The summed E-state index contributed by atoms with van der Waals surface area (Å²) >= 11 is 0. The van der Waals surface area contributed by atoms with Gasteiger partial charge in [0.2, 0.25) is 0 Å². The predicted molar refractivity (Wildman–Crippen MR) is 78.0 cm³/mol. The summed E-state index contributed by atoms with van der Waals surface area (Å²) in [6.07, 6.45) is 6.59. The van der Waals surface area contributed by atoms with Gasteiger partial charge in [-0.2, -0.15) is 0 Å². The van der Waals surface area contributed by atoms with Gasteiger partial charge in [-0.15, -0.1) is 0 Å². The highest BCUT2D eigenvalue weighted by molar-refractivity contribution is 5.19. The molecule has 2 N–H and O–H groups in total. The highest BCUT2D eigenvalue weighted by atomic mass is 19.1. The maximum Gasteiger partial charge on any atom is 0.123 e. The molecule has 1 spiro atoms. The molecule has 1 aliphatic heterocycles. The van der Waals surface area contributed by atoms with Gasteiger partial charge in [-0.3, -0.25) is 0 Å². The Morgan fingerprint density at radius 1 is 1.35 bits per heavy atom. The Bertz CT molecular complexity index is 464. The van der Waals surface area contributed by atoms with E-state index in [-0.39, 0.29) is 17.0 Å². The van der Waals surface area contributed by atoms with Gasteiger partial charge < -0.3 is 10.5 Å². The van der Waals surface area contributed by atoms with Crippen LogP contribution in [-0.4, -0.2) is 17.7 Å². The number of hydrogen-bond acceptors (Lipinski definition) is 2. The fraction of sp³-hybridized carbons (Fsp3) is 0.647. The Labute approximate surface area is 120 Å². The first-order valence-corrected chi connectivity index (χ1v) is 7.66. The lowest BCUT2D eigenvalue weighted by molar-refractivity contribution is -0.151. The molecule has 0 amide bonds. The first kappa shape index (κ1) is 14.0. The monoisotopic (exact) mass is 277 g/mol. The number of ether oxygens (including phenoxy) is 1. The van der Waals surface area contributed by atoms with Crippen molar-refractivity contribution < 1.29 is 9.13 Å². The molecular weight excluding hydrogens is 253 g/mol. The van der Waals surface area contributed by atoms with Crippen LogP contribution in [-0.2, 0) is 11.2 Å². The van der Waals surface area contributed by atoms with E-state index in [1.54, 1.807) is 0 Å². The molecule has 3 rings (SSSR count). The Kier molecular flexibility index (Phi) is 3.59. The normalized spacial score (nSPS) is 27.9. The molecule has 2 atom stereocenters.